The topological polar surface area (TPSA) is 49.3 Å². The molecule has 34 heavy (non-hydrogen) atoms. The first-order chi connectivity index (χ1) is 16.3. The standard InChI is InChI=1S/C25H25F3N4OS/c1-31(16-18-7-3-2-4-8-18)22-15-21(25(26,27)28)29-24(30-22)34-17-19-9-11-20(12-10-19)23(33)32-13-5-6-14-32/h2-4,7-12,15H,5-6,13-14,16-17H2,1H3. The molecule has 2 heterocycles. The summed E-state index contributed by atoms with van der Waals surface area (Å²) in [5.74, 6) is 0.616. The van der Waals surface area contributed by atoms with Gasteiger partial charge < -0.3 is 9.80 Å². The molecule has 4 rings (SSSR count). The minimum Gasteiger partial charge on any atom is -0.355 e. The highest BCUT2D eigenvalue weighted by molar-refractivity contribution is 7.98. The number of carbonyl (C=O) groups excluding carboxylic acids is 1. The normalized spacial score (nSPS) is 13.8. The summed E-state index contributed by atoms with van der Waals surface area (Å²) in [7, 11) is 1.71. The zero-order chi connectivity index (χ0) is 24.1. The van der Waals surface area contributed by atoms with Crippen LogP contribution in [-0.4, -0.2) is 40.9 Å². The molecule has 0 N–H and O–H groups in total. The molecule has 0 aliphatic carbocycles. The van der Waals surface area contributed by atoms with Crippen molar-refractivity contribution in [1.82, 2.24) is 14.9 Å². The van der Waals surface area contributed by atoms with Crippen molar-refractivity contribution >= 4 is 23.5 Å². The molecular formula is C25H25F3N4OS. The van der Waals surface area contributed by atoms with Crippen LogP contribution in [0.5, 0.6) is 0 Å². The number of aromatic nitrogens is 2. The fourth-order valence-corrected chi connectivity index (χ4v) is 4.56. The van der Waals surface area contributed by atoms with Crippen molar-refractivity contribution < 1.29 is 18.0 Å². The lowest BCUT2D eigenvalue weighted by molar-refractivity contribution is -0.141. The molecule has 0 spiro atoms. The van der Waals surface area contributed by atoms with Crippen molar-refractivity contribution in [3.63, 3.8) is 0 Å². The van der Waals surface area contributed by atoms with Gasteiger partial charge in [-0.05, 0) is 36.1 Å². The number of nitrogens with zero attached hydrogens (tertiary/aromatic N) is 4. The monoisotopic (exact) mass is 486 g/mol. The van der Waals surface area contributed by atoms with Gasteiger partial charge in [-0.25, -0.2) is 9.97 Å². The Hall–Kier alpha value is -3.07. The van der Waals surface area contributed by atoms with Crippen LogP contribution < -0.4 is 4.90 Å². The Morgan fingerprint density at radius 1 is 1.00 bits per heavy atom. The highest BCUT2D eigenvalue weighted by Crippen LogP contribution is 2.32. The van der Waals surface area contributed by atoms with Gasteiger partial charge in [-0.2, -0.15) is 13.2 Å². The molecular weight excluding hydrogens is 461 g/mol. The molecule has 0 bridgehead atoms. The van der Waals surface area contributed by atoms with E-state index in [0.717, 1.165) is 54.9 Å². The lowest BCUT2D eigenvalue weighted by Crippen LogP contribution is -2.27. The van der Waals surface area contributed by atoms with E-state index in [1.165, 1.54) is 0 Å². The second kappa shape index (κ2) is 10.5. The number of thioether (sulfide) groups is 1. The van der Waals surface area contributed by atoms with Gasteiger partial charge in [0.05, 0.1) is 0 Å². The number of anilines is 1. The zero-order valence-corrected chi connectivity index (χ0v) is 19.6. The lowest BCUT2D eigenvalue weighted by Gasteiger charge is -2.20. The fourth-order valence-electron chi connectivity index (χ4n) is 3.75. The number of hydrogen-bond acceptors (Lipinski definition) is 5. The second-order valence-electron chi connectivity index (χ2n) is 8.22. The Labute approximate surface area is 201 Å². The number of rotatable bonds is 7. The zero-order valence-electron chi connectivity index (χ0n) is 18.8. The van der Waals surface area contributed by atoms with Crippen molar-refractivity contribution in [3.8, 4) is 0 Å². The maximum Gasteiger partial charge on any atom is 0.433 e. The SMILES string of the molecule is CN(Cc1ccccc1)c1cc(C(F)(F)F)nc(SCc2ccc(C(=O)N3CCCC3)cc2)n1. The highest BCUT2D eigenvalue weighted by Gasteiger charge is 2.34. The molecule has 1 aliphatic rings. The van der Waals surface area contributed by atoms with Gasteiger partial charge in [0.2, 0.25) is 0 Å². The van der Waals surface area contributed by atoms with E-state index in [4.69, 9.17) is 0 Å². The predicted molar refractivity (Wildman–Crippen MR) is 127 cm³/mol. The molecule has 0 unspecified atom stereocenters. The van der Waals surface area contributed by atoms with Crippen LogP contribution in [0.2, 0.25) is 0 Å². The molecule has 0 radical (unpaired) electrons. The van der Waals surface area contributed by atoms with Gasteiger partial charge in [0.1, 0.15) is 5.82 Å². The average Bonchev–Trinajstić information content (AvgIpc) is 3.37. The molecule has 1 aliphatic heterocycles. The van der Waals surface area contributed by atoms with E-state index in [9.17, 15) is 18.0 Å². The summed E-state index contributed by atoms with van der Waals surface area (Å²) in [6.07, 6.45) is -2.52. The average molecular weight is 487 g/mol. The first kappa shape index (κ1) is 24.1. The van der Waals surface area contributed by atoms with Crippen molar-refractivity contribution in [2.24, 2.45) is 0 Å². The first-order valence-electron chi connectivity index (χ1n) is 11.0. The van der Waals surface area contributed by atoms with E-state index in [2.05, 4.69) is 9.97 Å². The molecule has 5 nitrogen and oxygen atoms in total. The Kier molecular flexibility index (Phi) is 7.41. The Bertz CT molecular complexity index is 1120. The third-order valence-electron chi connectivity index (χ3n) is 5.60. The molecule has 0 saturated carbocycles. The van der Waals surface area contributed by atoms with Gasteiger partial charge in [-0.3, -0.25) is 4.79 Å². The fraction of sp³-hybridized carbons (Fsp3) is 0.320. The van der Waals surface area contributed by atoms with Gasteiger partial charge in [-0.1, -0.05) is 54.2 Å². The number of halogens is 3. The van der Waals surface area contributed by atoms with Crippen LogP contribution >= 0.6 is 11.8 Å². The molecule has 9 heteroatoms. The predicted octanol–water partition coefficient (Wildman–Crippen LogP) is 5.66. The molecule has 3 aromatic rings. The quantitative estimate of drug-likeness (QED) is 0.319. The number of hydrogen-bond donors (Lipinski definition) is 0. The largest absolute Gasteiger partial charge is 0.433 e. The van der Waals surface area contributed by atoms with Gasteiger partial charge in [0.25, 0.3) is 5.91 Å². The lowest BCUT2D eigenvalue weighted by atomic mass is 10.1. The summed E-state index contributed by atoms with van der Waals surface area (Å²) in [6.45, 7) is 1.99. The van der Waals surface area contributed by atoms with Crippen molar-refractivity contribution in [2.75, 3.05) is 25.0 Å². The summed E-state index contributed by atoms with van der Waals surface area (Å²) < 4.78 is 40.5. The Morgan fingerprint density at radius 2 is 1.68 bits per heavy atom. The van der Waals surface area contributed by atoms with Gasteiger partial charge in [-0.15, -0.1) is 0 Å². The molecule has 1 aromatic heterocycles. The number of likely N-dealkylation sites (tertiary alicyclic amines) is 1. The van der Waals surface area contributed by atoms with Gasteiger partial charge in [0.15, 0.2) is 10.9 Å². The van der Waals surface area contributed by atoms with Crippen LogP contribution in [0.3, 0.4) is 0 Å². The van der Waals surface area contributed by atoms with Gasteiger partial charge >= 0.3 is 6.18 Å². The van der Waals surface area contributed by atoms with E-state index in [-0.39, 0.29) is 16.9 Å². The molecule has 1 fully saturated rings. The van der Waals surface area contributed by atoms with Crippen LogP contribution in [0.15, 0.2) is 65.8 Å². The van der Waals surface area contributed by atoms with Crippen LogP contribution in [-0.2, 0) is 18.5 Å². The van der Waals surface area contributed by atoms with Crippen LogP contribution in [0, 0.1) is 0 Å². The van der Waals surface area contributed by atoms with E-state index in [1.807, 2.05) is 47.4 Å². The molecule has 2 aromatic carbocycles. The summed E-state index contributed by atoms with van der Waals surface area (Å²) in [5.41, 5.74) is 1.50. The summed E-state index contributed by atoms with van der Waals surface area (Å²) in [4.78, 5) is 24.1. The van der Waals surface area contributed by atoms with Crippen LogP contribution in [0.25, 0.3) is 0 Å². The van der Waals surface area contributed by atoms with E-state index >= 15 is 0 Å². The minimum absolute atomic E-state index is 0.0176. The molecule has 0 atom stereocenters. The van der Waals surface area contributed by atoms with Gasteiger partial charge in [0, 0.05) is 44.1 Å². The smallest absolute Gasteiger partial charge is 0.355 e. The highest BCUT2D eigenvalue weighted by atomic mass is 32.2. The Morgan fingerprint density at radius 3 is 2.32 bits per heavy atom. The summed E-state index contributed by atoms with van der Waals surface area (Å²) in [6, 6.07) is 17.6. The van der Waals surface area contributed by atoms with E-state index in [0.29, 0.717) is 17.9 Å². The maximum absolute atomic E-state index is 13.5. The number of carbonyl (C=O) groups is 1. The number of alkyl halides is 3. The summed E-state index contributed by atoms with van der Waals surface area (Å²) in [5, 5.41) is 0.0574. The van der Waals surface area contributed by atoms with Crippen LogP contribution in [0.4, 0.5) is 19.0 Å². The third-order valence-corrected chi connectivity index (χ3v) is 6.52. The molecule has 178 valence electrons. The maximum atomic E-state index is 13.5. The summed E-state index contributed by atoms with van der Waals surface area (Å²) >= 11 is 1.14. The van der Waals surface area contributed by atoms with Crippen molar-refractivity contribution in [1.29, 1.82) is 0 Å². The van der Waals surface area contributed by atoms with Crippen LogP contribution in [0.1, 0.15) is 40.0 Å². The first-order valence-corrected chi connectivity index (χ1v) is 12.0. The van der Waals surface area contributed by atoms with E-state index in [1.54, 1.807) is 24.1 Å². The van der Waals surface area contributed by atoms with Crippen molar-refractivity contribution in [2.45, 2.75) is 36.5 Å². The number of amides is 1. The second-order valence-corrected chi connectivity index (χ2v) is 9.16. The molecule has 1 amide bonds. The third kappa shape index (κ3) is 6.08. The Balaban J connectivity index is 1.47. The van der Waals surface area contributed by atoms with Crippen molar-refractivity contribution in [3.05, 3.63) is 83.0 Å². The minimum atomic E-state index is -4.57. The molecule has 1 saturated heterocycles. The number of benzene rings is 2. The van der Waals surface area contributed by atoms with E-state index < -0.39 is 11.9 Å².